The third kappa shape index (κ3) is 4.66. The topological polar surface area (TPSA) is 72.5 Å². The number of piperidine rings is 1. The number of para-hydroxylation sites is 2. The minimum atomic E-state index is -2.02. The van der Waals surface area contributed by atoms with Crippen molar-refractivity contribution in [3.63, 3.8) is 0 Å². The Morgan fingerprint density at radius 2 is 1.76 bits per heavy atom. The van der Waals surface area contributed by atoms with Crippen molar-refractivity contribution in [1.29, 1.82) is 0 Å². The van der Waals surface area contributed by atoms with Crippen LogP contribution in [0.5, 0.6) is 5.75 Å². The number of nitrogens with zero attached hydrogens (tertiary/aromatic N) is 3. The van der Waals surface area contributed by atoms with Crippen LogP contribution in [0.2, 0.25) is 0 Å². The first kappa shape index (κ1) is 24.3. The highest BCUT2D eigenvalue weighted by molar-refractivity contribution is 6.00. The van der Waals surface area contributed by atoms with Gasteiger partial charge in [-0.25, -0.2) is 9.37 Å². The SMILES string of the molecule is [2H][C@](c1nc2ccccc2[nH]1)(c1cc(F)ccc1O)N1Cc2ccc(-c3ccc(C4CCN(C)CC4)cc3)cc2C1=O. The number of fused-ring (bicyclic) bond motifs is 2. The summed E-state index contributed by atoms with van der Waals surface area (Å²) >= 11 is 0. The highest BCUT2D eigenvalue weighted by atomic mass is 19.1. The maximum atomic E-state index is 14.5. The lowest BCUT2D eigenvalue weighted by Gasteiger charge is -2.29. The summed E-state index contributed by atoms with van der Waals surface area (Å²) in [5.41, 5.74) is 5.73. The molecule has 6 nitrogen and oxygen atoms in total. The van der Waals surface area contributed by atoms with E-state index in [0.29, 0.717) is 22.5 Å². The molecule has 3 heterocycles. The van der Waals surface area contributed by atoms with Gasteiger partial charge in [-0.3, -0.25) is 4.79 Å². The molecule has 1 atom stereocenters. The number of carbonyl (C=O) groups excluding carboxylic acids is 1. The molecular weight excluding hydrogens is 515 g/mol. The van der Waals surface area contributed by atoms with Gasteiger partial charge >= 0.3 is 0 Å². The number of amides is 1. The van der Waals surface area contributed by atoms with Crippen molar-refractivity contribution in [3.8, 4) is 16.9 Å². The number of rotatable bonds is 5. The molecule has 0 radical (unpaired) electrons. The predicted octanol–water partition coefficient (Wildman–Crippen LogP) is 6.63. The fraction of sp³-hybridized carbons (Fsp3) is 0.235. The quantitative estimate of drug-likeness (QED) is 0.259. The number of aromatic hydroxyl groups is 1. The van der Waals surface area contributed by atoms with Gasteiger partial charge in [0.05, 0.1) is 12.4 Å². The second-order valence-electron chi connectivity index (χ2n) is 11.1. The largest absolute Gasteiger partial charge is 0.508 e. The zero-order valence-electron chi connectivity index (χ0n) is 23.8. The van der Waals surface area contributed by atoms with Crippen LogP contribution < -0.4 is 0 Å². The Labute approximate surface area is 239 Å². The molecule has 1 fully saturated rings. The van der Waals surface area contributed by atoms with Gasteiger partial charge in [0, 0.05) is 17.7 Å². The summed E-state index contributed by atoms with van der Waals surface area (Å²) < 4.78 is 24.2. The molecule has 1 aromatic heterocycles. The number of benzene rings is 4. The summed E-state index contributed by atoms with van der Waals surface area (Å²) in [6.45, 7) is 2.32. The van der Waals surface area contributed by atoms with Crippen molar-refractivity contribution in [2.75, 3.05) is 20.1 Å². The first-order valence-electron chi connectivity index (χ1n) is 14.5. The molecule has 1 saturated heterocycles. The number of hydrogen-bond donors (Lipinski definition) is 2. The molecule has 5 aromatic rings. The normalized spacial score (nSPS) is 18.0. The summed E-state index contributed by atoms with van der Waals surface area (Å²) in [5, 5.41) is 10.8. The number of aromatic nitrogens is 2. The summed E-state index contributed by atoms with van der Waals surface area (Å²) in [4.78, 5) is 25.5. The Kier molecular flexibility index (Phi) is 6.03. The van der Waals surface area contributed by atoms with E-state index in [0.717, 1.165) is 54.8 Å². The molecule has 7 heteroatoms. The van der Waals surface area contributed by atoms with Crippen molar-refractivity contribution in [1.82, 2.24) is 19.8 Å². The number of carbonyl (C=O) groups is 1. The van der Waals surface area contributed by atoms with Gasteiger partial charge in [0.1, 0.15) is 23.4 Å². The maximum Gasteiger partial charge on any atom is 0.255 e. The lowest BCUT2D eigenvalue weighted by molar-refractivity contribution is 0.0723. The van der Waals surface area contributed by atoms with Gasteiger partial charge in [-0.2, -0.15) is 0 Å². The fourth-order valence-electron chi connectivity index (χ4n) is 6.11. The Bertz CT molecular complexity index is 1780. The highest BCUT2D eigenvalue weighted by Crippen LogP contribution is 2.40. The number of phenolic OH excluding ortho intramolecular Hbond substituents is 1. The molecule has 2 N–H and O–H groups in total. The van der Waals surface area contributed by atoms with E-state index in [1.165, 1.54) is 16.5 Å². The van der Waals surface area contributed by atoms with Gasteiger partial charge in [-0.1, -0.05) is 48.5 Å². The predicted molar refractivity (Wildman–Crippen MR) is 157 cm³/mol. The molecule has 2 aliphatic heterocycles. The number of nitrogens with one attached hydrogen (secondary N) is 1. The molecule has 7 rings (SSSR count). The first-order chi connectivity index (χ1) is 20.3. The number of aromatic amines is 1. The van der Waals surface area contributed by atoms with E-state index in [1.54, 1.807) is 6.07 Å². The first-order valence-corrected chi connectivity index (χ1v) is 14.0. The molecule has 1 amide bonds. The minimum absolute atomic E-state index is 0.0626. The van der Waals surface area contributed by atoms with E-state index < -0.39 is 11.8 Å². The van der Waals surface area contributed by atoms with Gasteiger partial charge in [0.15, 0.2) is 0 Å². The van der Waals surface area contributed by atoms with Crippen LogP contribution in [0.3, 0.4) is 0 Å². The molecule has 0 saturated carbocycles. The van der Waals surface area contributed by atoms with Crippen LogP contribution in [0.4, 0.5) is 4.39 Å². The lowest BCUT2D eigenvalue weighted by atomic mass is 9.88. The smallest absolute Gasteiger partial charge is 0.255 e. The number of phenols is 1. The van der Waals surface area contributed by atoms with Gasteiger partial charge in [0.25, 0.3) is 5.91 Å². The third-order valence-corrected chi connectivity index (χ3v) is 8.45. The van der Waals surface area contributed by atoms with Crippen LogP contribution in [-0.2, 0) is 6.54 Å². The number of hydrogen-bond acceptors (Lipinski definition) is 4. The average Bonchev–Trinajstić information content (AvgIpc) is 3.60. The van der Waals surface area contributed by atoms with E-state index in [4.69, 9.17) is 0 Å². The Morgan fingerprint density at radius 1 is 1.00 bits per heavy atom. The molecule has 0 spiro atoms. The van der Waals surface area contributed by atoms with Crippen LogP contribution >= 0.6 is 0 Å². The van der Waals surface area contributed by atoms with Crippen LogP contribution in [0.15, 0.2) is 84.9 Å². The minimum Gasteiger partial charge on any atom is -0.508 e. The Balaban J connectivity index is 1.25. The summed E-state index contributed by atoms with van der Waals surface area (Å²) in [6.07, 6.45) is 2.31. The second kappa shape index (κ2) is 10.2. The molecule has 4 aromatic carbocycles. The Hall–Kier alpha value is -4.49. The molecule has 0 bridgehead atoms. The van der Waals surface area contributed by atoms with Gasteiger partial charge in [-0.05, 0) is 97.5 Å². The van der Waals surface area contributed by atoms with E-state index in [2.05, 4.69) is 46.2 Å². The monoisotopic (exact) mass is 547 g/mol. The van der Waals surface area contributed by atoms with Crippen molar-refractivity contribution < 1.29 is 15.7 Å². The highest BCUT2D eigenvalue weighted by Gasteiger charge is 2.37. The van der Waals surface area contributed by atoms with E-state index in [-0.39, 0.29) is 29.6 Å². The van der Waals surface area contributed by atoms with Crippen LogP contribution in [0, 0.1) is 5.82 Å². The molecule has 0 aliphatic carbocycles. The molecule has 2 aliphatic rings. The zero-order valence-corrected chi connectivity index (χ0v) is 22.8. The second-order valence-corrected chi connectivity index (χ2v) is 11.1. The van der Waals surface area contributed by atoms with Crippen molar-refractivity contribution in [2.45, 2.75) is 31.3 Å². The van der Waals surface area contributed by atoms with Crippen LogP contribution in [-0.4, -0.2) is 50.9 Å². The van der Waals surface area contributed by atoms with Gasteiger partial charge < -0.3 is 19.9 Å². The van der Waals surface area contributed by atoms with Gasteiger partial charge in [-0.15, -0.1) is 0 Å². The molecular formula is C34H31FN4O2. The van der Waals surface area contributed by atoms with Crippen molar-refractivity contribution >= 4 is 16.9 Å². The fourth-order valence-corrected chi connectivity index (χ4v) is 6.11. The third-order valence-electron chi connectivity index (χ3n) is 8.45. The van der Waals surface area contributed by atoms with Crippen molar-refractivity contribution in [2.24, 2.45) is 0 Å². The van der Waals surface area contributed by atoms with Crippen molar-refractivity contribution in [3.05, 3.63) is 119 Å². The van der Waals surface area contributed by atoms with E-state index in [1.807, 2.05) is 36.4 Å². The molecule has 41 heavy (non-hydrogen) atoms. The summed E-state index contributed by atoms with van der Waals surface area (Å²) in [6, 6.07) is 23.1. The summed E-state index contributed by atoms with van der Waals surface area (Å²) in [7, 11) is 2.16. The van der Waals surface area contributed by atoms with Gasteiger partial charge in [0.2, 0.25) is 0 Å². The number of H-pyrrole nitrogens is 1. The van der Waals surface area contributed by atoms with Crippen LogP contribution in [0.25, 0.3) is 22.2 Å². The molecule has 0 unspecified atom stereocenters. The van der Waals surface area contributed by atoms with E-state index in [9.17, 15) is 15.7 Å². The zero-order chi connectivity index (χ0) is 29.0. The summed E-state index contributed by atoms with van der Waals surface area (Å²) in [5.74, 6) is -0.607. The number of halogens is 1. The van der Waals surface area contributed by atoms with E-state index >= 15 is 0 Å². The maximum absolute atomic E-state index is 14.5. The average molecular weight is 548 g/mol. The number of likely N-dealkylation sites (tertiary alicyclic amines) is 1. The Morgan fingerprint density at radius 3 is 2.54 bits per heavy atom. The van der Waals surface area contributed by atoms with Crippen LogP contribution in [0.1, 0.15) is 59.0 Å². The molecule has 206 valence electrons. The number of imidazole rings is 1. The standard InChI is InChI=1S/C34H31FN4O2/c1-38-16-14-23(15-17-38)21-6-8-22(9-7-21)24-10-11-25-20-39(34(41)27(25)18-24)32(28-19-26(35)12-13-31(28)40)33-36-29-4-2-3-5-30(29)37-33/h2-13,18-19,23,32,40H,14-17,20H2,1H3,(H,36,37)/t32-/m1/s1/i32D. The lowest BCUT2D eigenvalue weighted by Crippen LogP contribution is -2.31.